The van der Waals surface area contributed by atoms with Crippen molar-refractivity contribution in [3.63, 3.8) is 0 Å². The summed E-state index contributed by atoms with van der Waals surface area (Å²) in [7, 11) is 0. The highest BCUT2D eigenvalue weighted by molar-refractivity contribution is 7.99. The molecule has 0 aliphatic heterocycles. The molecule has 0 aliphatic carbocycles. The van der Waals surface area contributed by atoms with E-state index in [0.29, 0.717) is 39.6 Å². The number of nitriles is 1. The molecule has 0 spiro atoms. The van der Waals surface area contributed by atoms with Crippen molar-refractivity contribution in [2.45, 2.75) is 11.7 Å². The lowest BCUT2D eigenvalue weighted by molar-refractivity contribution is -0.113. The summed E-state index contributed by atoms with van der Waals surface area (Å²) >= 11 is 1.22. The molecule has 0 atom stereocenters. The molecule has 0 fully saturated rings. The summed E-state index contributed by atoms with van der Waals surface area (Å²) in [4.78, 5) is 25.2. The molecule has 30 heavy (non-hydrogen) atoms. The van der Waals surface area contributed by atoms with E-state index in [-0.39, 0.29) is 17.2 Å². The average Bonchev–Trinajstić information content (AvgIpc) is 3.20. The molecule has 9 heteroatoms. The molecule has 0 unspecified atom stereocenters. The monoisotopic (exact) mass is 416 g/mol. The van der Waals surface area contributed by atoms with Crippen LogP contribution in [0.3, 0.4) is 0 Å². The number of anilines is 1. The van der Waals surface area contributed by atoms with Gasteiger partial charge in [0.1, 0.15) is 0 Å². The van der Waals surface area contributed by atoms with Crippen LogP contribution in [0.4, 0.5) is 5.69 Å². The summed E-state index contributed by atoms with van der Waals surface area (Å²) < 4.78 is 3.28. The predicted molar refractivity (Wildman–Crippen MR) is 115 cm³/mol. The zero-order chi connectivity index (χ0) is 21.1. The zero-order valence-corrected chi connectivity index (χ0v) is 16.6. The fraction of sp³-hybridized carbons (Fsp3) is 0.0952. The van der Waals surface area contributed by atoms with Crippen LogP contribution in [0.1, 0.15) is 5.56 Å². The molecule has 1 N–H and O–H groups in total. The average molecular weight is 416 g/mol. The Bertz CT molecular complexity index is 1360. The first-order valence-corrected chi connectivity index (χ1v) is 10.0. The van der Waals surface area contributed by atoms with Crippen molar-refractivity contribution in [1.29, 1.82) is 5.26 Å². The fourth-order valence-corrected chi connectivity index (χ4v) is 3.82. The summed E-state index contributed by atoms with van der Waals surface area (Å²) in [6.45, 7) is 4.01. The topological polar surface area (TPSA) is 105 Å². The second-order valence-corrected chi connectivity index (χ2v) is 7.31. The van der Waals surface area contributed by atoms with Gasteiger partial charge in [-0.05, 0) is 36.4 Å². The van der Waals surface area contributed by atoms with Gasteiger partial charge in [0, 0.05) is 12.2 Å². The number of carbonyl (C=O) groups is 1. The third-order valence-corrected chi connectivity index (χ3v) is 5.35. The van der Waals surface area contributed by atoms with E-state index in [4.69, 9.17) is 5.26 Å². The number of thioether (sulfide) groups is 1. The van der Waals surface area contributed by atoms with Gasteiger partial charge < -0.3 is 5.32 Å². The molecule has 1 amide bonds. The zero-order valence-electron chi connectivity index (χ0n) is 15.8. The van der Waals surface area contributed by atoms with E-state index in [1.807, 2.05) is 18.2 Å². The van der Waals surface area contributed by atoms with Crippen LogP contribution in [0.15, 0.2) is 71.1 Å². The second-order valence-electron chi connectivity index (χ2n) is 6.37. The van der Waals surface area contributed by atoms with Gasteiger partial charge in [0.2, 0.25) is 11.7 Å². The number of rotatable bonds is 6. The summed E-state index contributed by atoms with van der Waals surface area (Å²) in [5.41, 5.74) is 1.64. The first kappa shape index (κ1) is 19.4. The maximum atomic E-state index is 12.8. The summed E-state index contributed by atoms with van der Waals surface area (Å²) in [6, 6.07) is 15.9. The quantitative estimate of drug-likeness (QED) is 0.383. The van der Waals surface area contributed by atoms with Crippen molar-refractivity contribution in [3.05, 3.63) is 77.1 Å². The number of aromatic nitrogens is 4. The first-order valence-electron chi connectivity index (χ1n) is 9.02. The van der Waals surface area contributed by atoms with Crippen molar-refractivity contribution in [3.8, 4) is 6.07 Å². The van der Waals surface area contributed by atoms with Crippen molar-refractivity contribution in [2.75, 3.05) is 11.1 Å². The van der Waals surface area contributed by atoms with Gasteiger partial charge in [0.15, 0.2) is 5.16 Å². The van der Waals surface area contributed by atoms with Crippen LogP contribution in [-0.4, -0.2) is 30.8 Å². The SMILES string of the molecule is C=CCn1c(=O)c2ccccc2n2c(SCC(=O)Nc3ccc(C#N)cc3)nnc12. The Balaban J connectivity index is 1.63. The number of nitrogens with zero attached hydrogens (tertiary/aromatic N) is 5. The van der Waals surface area contributed by atoms with E-state index in [1.165, 1.54) is 16.3 Å². The van der Waals surface area contributed by atoms with Crippen molar-refractivity contribution < 1.29 is 4.79 Å². The molecule has 0 saturated heterocycles. The van der Waals surface area contributed by atoms with Gasteiger partial charge >= 0.3 is 0 Å². The van der Waals surface area contributed by atoms with Crippen LogP contribution in [0.25, 0.3) is 16.7 Å². The minimum absolute atomic E-state index is 0.107. The van der Waals surface area contributed by atoms with Crippen molar-refractivity contribution in [1.82, 2.24) is 19.2 Å². The second kappa shape index (κ2) is 8.23. The lowest BCUT2D eigenvalue weighted by Crippen LogP contribution is -2.22. The number of para-hydroxylation sites is 1. The molecule has 4 aromatic rings. The molecule has 0 bridgehead atoms. The number of hydrogen-bond acceptors (Lipinski definition) is 6. The third kappa shape index (κ3) is 3.56. The number of carbonyl (C=O) groups excluding carboxylic acids is 1. The van der Waals surface area contributed by atoms with Gasteiger partial charge in [-0.15, -0.1) is 16.8 Å². The minimum atomic E-state index is -0.217. The van der Waals surface area contributed by atoms with Crippen LogP contribution in [0, 0.1) is 11.3 Å². The minimum Gasteiger partial charge on any atom is -0.325 e. The van der Waals surface area contributed by atoms with E-state index >= 15 is 0 Å². The van der Waals surface area contributed by atoms with Crippen LogP contribution >= 0.6 is 11.8 Å². The smallest absolute Gasteiger partial charge is 0.263 e. The third-order valence-electron chi connectivity index (χ3n) is 4.42. The Morgan fingerprint density at radius 3 is 2.70 bits per heavy atom. The highest BCUT2D eigenvalue weighted by Crippen LogP contribution is 2.22. The molecule has 8 nitrogen and oxygen atoms in total. The van der Waals surface area contributed by atoms with E-state index in [9.17, 15) is 9.59 Å². The van der Waals surface area contributed by atoms with Crippen LogP contribution in [0.5, 0.6) is 0 Å². The van der Waals surface area contributed by atoms with Gasteiger partial charge in [0.25, 0.3) is 5.56 Å². The normalized spacial score (nSPS) is 10.8. The Hall–Kier alpha value is -3.90. The Kier molecular flexibility index (Phi) is 5.32. The number of allylic oxidation sites excluding steroid dienone is 1. The van der Waals surface area contributed by atoms with Gasteiger partial charge in [0.05, 0.1) is 28.3 Å². The molecule has 0 radical (unpaired) electrons. The summed E-state index contributed by atoms with van der Waals surface area (Å²) in [5, 5.41) is 21.1. The number of fused-ring (bicyclic) bond motifs is 3. The highest BCUT2D eigenvalue weighted by Gasteiger charge is 2.17. The predicted octanol–water partition coefficient (Wildman–Crippen LogP) is 2.83. The van der Waals surface area contributed by atoms with Crippen molar-refractivity contribution >= 4 is 40.0 Å². The molecule has 0 saturated carbocycles. The largest absolute Gasteiger partial charge is 0.325 e. The van der Waals surface area contributed by atoms with Crippen LogP contribution in [0.2, 0.25) is 0 Å². The van der Waals surface area contributed by atoms with Crippen molar-refractivity contribution in [2.24, 2.45) is 0 Å². The molecule has 0 aliphatic rings. The van der Waals surface area contributed by atoms with E-state index in [1.54, 1.807) is 46.9 Å². The highest BCUT2D eigenvalue weighted by atomic mass is 32.2. The van der Waals surface area contributed by atoms with E-state index < -0.39 is 0 Å². The molecular formula is C21H16N6O2S. The molecule has 4 rings (SSSR count). The van der Waals surface area contributed by atoms with Gasteiger partial charge in [-0.2, -0.15) is 5.26 Å². The van der Waals surface area contributed by atoms with Crippen LogP contribution < -0.4 is 10.9 Å². The number of benzene rings is 2. The standard InChI is InChI=1S/C21H16N6O2S/c1-2-11-26-19(29)16-5-3-4-6-17(16)27-20(26)24-25-21(27)30-13-18(28)23-15-9-7-14(12-22)8-10-15/h2-10H,1,11,13H2,(H,23,28). The Morgan fingerprint density at radius 1 is 1.20 bits per heavy atom. The maximum Gasteiger partial charge on any atom is 0.263 e. The van der Waals surface area contributed by atoms with E-state index in [0.717, 1.165) is 0 Å². The molecule has 2 aromatic carbocycles. The lowest BCUT2D eigenvalue weighted by atomic mass is 10.2. The van der Waals surface area contributed by atoms with Gasteiger partial charge in [-0.1, -0.05) is 30.0 Å². The Labute approximate surface area is 175 Å². The summed E-state index contributed by atoms with van der Waals surface area (Å²) in [5.74, 6) is 0.286. The lowest BCUT2D eigenvalue weighted by Gasteiger charge is -2.09. The Morgan fingerprint density at radius 2 is 1.97 bits per heavy atom. The first-order chi connectivity index (χ1) is 14.6. The van der Waals surface area contributed by atoms with Crippen LogP contribution in [-0.2, 0) is 11.3 Å². The van der Waals surface area contributed by atoms with Gasteiger partial charge in [-0.3, -0.25) is 18.6 Å². The number of amides is 1. The van der Waals surface area contributed by atoms with E-state index in [2.05, 4.69) is 22.1 Å². The fourth-order valence-electron chi connectivity index (χ4n) is 3.08. The molecular weight excluding hydrogens is 400 g/mol. The molecule has 148 valence electrons. The maximum absolute atomic E-state index is 12.8. The molecule has 2 heterocycles. The number of hydrogen-bond donors (Lipinski definition) is 1. The molecule has 2 aromatic heterocycles. The summed E-state index contributed by atoms with van der Waals surface area (Å²) in [6.07, 6.45) is 1.63. The van der Waals surface area contributed by atoms with Gasteiger partial charge in [-0.25, -0.2) is 0 Å². The number of nitrogens with one attached hydrogen (secondary N) is 1.